The number of halogens is 2. The minimum absolute atomic E-state index is 0. The number of amides is 1. The molecule has 0 fully saturated rings. The van der Waals surface area contributed by atoms with Gasteiger partial charge in [0.15, 0.2) is 0 Å². The van der Waals surface area contributed by atoms with Crippen molar-refractivity contribution in [3.05, 3.63) is 114 Å². The largest absolute Gasteiger partial charge is 0.284 e. The number of pyridine rings is 2. The minimum atomic E-state index is -0.145. The molecule has 6 heteroatoms. The van der Waals surface area contributed by atoms with Crippen molar-refractivity contribution in [2.75, 3.05) is 4.90 Å². The van der Waals surface area contributed by atoms with Crippen LogP contribution in [0.2, 0.25) is 0 Å². The third kappa shape index (κ3) is 4.77. The monoisotopic (exact) mass is 465 g/mol. The zero-order valence-corrected chi connectivity index (χ0v) is 19.2. The first-order valence-electron chi connectivity index (χ1n) is 10.3. The average Bonchev–Trinajstić information content (AvgIpc) is 3.11. The van der Waals surface area contributed by atoms with Crippen molar-refractivity contribution in [2.45, 2.75) is 25.7 Å². The van der Waals surface area contributed by atoms with Crippen molar-refractivity contribution in [1.29, 1.82) is 0 Å². The lowest BCUT2D eigenvalue weighted by Crippen LogP contribution is -2.34. The van der Waals surface area contributed by atoms with E-state index in [4.69, 9.17) is 0 Å². The van der Waals surface area contributed by atoms with E-state index in [2.05, 4.69) is 40.3 Å². The third-order valence-corrected chi connectivity index (χ3v) is 5.94. The molecule has 1 aliphatic carbocycles. The van der Waals surface area contributed by atoms with Crippen LogP contribution in [0.5, 0.6) is 0 Å². The average molecular weight is 466 g/mol. The first-order valence-corrected chi connectivity index (χ1v) is 10.3. The normalized spacial score (nSPS) is 15.9. The van der Waals surface area contributed by atoms with Gasteiger partial charge in [-0.25, -0.2) is 0 Å². The van der Waals surface area contributed by atoms with Crippen LogP contribution in [0.3, 0.4) is 0 Å². The molecule has 0 unspecified atom stereocenters. The highest BCUT2D eigenvalue weighted by atomic mass is 35.5. The second kappa shape index (κ2) is 10.1. The number of nitrogens with zero attached hydrogens (tertiary/aromatic N) is 3. The lowest BCUT2D eigenvalue weighted by atomic mass is 9.71. The van der Waals surface area contributed by atoms with Gasteiger partial charge in [0.25, 0.3) is 0 Å². The first kappa shape index (κ1) is 23.7. The molecule has 3 heterocycles. The first-order chi connectivity index (χ1) is 14.7. The number of carbonyl (C=O) groups is 1. The number of benzene rings is 1. The molecule has 0 radical (unpaired) electrons. The number of fused-ring (bicyclic) bond motifs is 1. The van der Waals surface area contributed by atoms with Gasteiger partial charge in [-0.15, -0.1) is 24.8 Å². The van der Waals surface area contributed by atoms with Crippen LogP contribution in [-0.4, -0.2) is 15.9 Å². The van der Waals surface area contributed by atoms with Gasteiger partial charge in [0, 0.05) is 35.9 Å². The predicted molar refractivity (Wildman–Crippen MR) is 132 cm³/mol. The second-order valence-corrected chi connectivity index (χ2v) is 8.17. The standard InChI is InChI=1S/C26H23N3O.2ClH/c30-25-14-22-8-1-2-10-24(22)29(25)23-9-3-11-26(17-23,15-20-6-4-12-27-18-20)16-21-7-5-13-28-19-21;;/h1-13,18-19H,14-17H2;2*1H. The summed E-state index contributed by atoms with van der Waals surface area (Å²) >= 11 is 0. The number of para-hydroxylation sites is 1. The number of aromatic nitrogens is 2. The Morgan fingerprint density at radius 3 is 2.16 bits per heavy atom. The molecule has 0 bridgehead atoms. The minimum Gasteiger partial charge on any atom is -0.284 e. The zero-order valence-electron chi connectivity index (χ0n) is 17.6. The summed E-state index contributed by atoms with van der Waals surface area (Å²) in [6, 6.07) is 16.3. The van der Waals surface area contributed by atoms with Crippen LogP contribution < -0.4 is 4.90 Å². The molecule has 1 aliphatic heterocycles. The maximum atomic E-state index is 12.9. The lowest BCUT2D eigenvalue weighted by molar-refractivity contribution is -0.117. The van der Waals surface area contributed by atoms with Crippen LogP contribution in [0.4, 0.5) is 5.69 Å². The number of hydrogen-bond donors (Lipinski definition) is 0. The SMILES string of the molecule is Cl.Cl.O=C1Cc2ccccc2N1C1=CC=CC(Cc2cccnc2)(Cc2cccnc2)C1. The van der Waals surface area contributed by atoms with E-state index in [1.807, 2.05) is 53.7 Å². The van der Waals surface area contributed by atoms with E-state index in [0.717, 1.165) is 36.2 Å². The zero-order chi connectivity index (χ0) is 20.4. The van der Waals surface area contributed by atoms with E-state index in [-0.39, 0.29) is 36.1 Å². The molecule has 0 N–H and O–H groups in total. The maximum Gasteiger partial charge on any atom is 0.235 e. The Labute approximate surface area is 200 Å². The van der Waals surface area contributed by atoms with Crippen LogP contribution in [0, 0.1) is 5.41 Å². The molecule has 5 rings (SSSR count). The van der Waals surface area contributed by atoms with Crippen molar-refractivity contribution in [3.63, 3.8) is 0 Å². The molecule has 0 saturated carbocycles. The highest BCUT2D eigenvalue weighted by molar-refractivity contribution is 6.04. The van der Waals surface area contributed by atoms with Crippen LogP contribution in [0.1, 0.15) is 23.1 Å². The van der Waals surface area contributed by atoms with E-state index in [1.54, 1.807) is 12.4 Å². The van der Waals surface area contributed by atoms with Gasteiger partial charge >= 0.3 is 0 Å². The summed E-state index contributed by atoms with van der Waals surface area (Å²) in [5.74, 6) is 0.148. The molecule has 2 aromatic heterocycles. The molecule has 1 aromatic carbocycles. The van der Waals surface area contributed by atoms with Gasteiger partial charge in [0.2, 0.25) is 5.91 Å². The summed E-state index contributed by atoms with van der Waals surface area (Å²) in [5, 5.41) is 0. The predicted octanol–water partition coefficient (Wildman–Crippen LogP) is 5.52. The number of hydrogen-bond acceptors (Lipinski definition) is 3. The van der Waals surface area contributed by atoms with Crippen LogP contribution >= 0.6 is 24.8 Å². The van der Waals surface area contributed by atoms with Gasteiger partial charge in [-0.1, -0.05) is 42.5 Å². The maximum absolute atomic E-state index is 12.9. The summed E-state index contributed by atoms with van der Waals surface area (Å²) < 4.78 is 0. The van der Waals surface area contributed by atoms with Crippen molar-refractivity contribution < 1.29 is 4.79 Å². The highest BCUT2D eigenvalue weighted by Crippen LogP contribution is 2.42. The Balaban J connectivity index is 0.00000144. The van der Waals surface area contributed by atoms with Gasteiger partial charge in [0.1, 0.15) is 0 Å². The Bertz CT molecular complexity index is 1090. The molecular weight excluding hydrogens is 441 g/mol. The molecule has 3 aromatic rings. The van der Waals surface area contributed by atoms with Crippen molar-refractivity contribution in [1.82, 2.24) is 9.97 Å². The van der Waals surface area contributed by atoms with E-state index in [1.165, 1.54) is 11.1 Å². The fourth-order valence-electron chi connectivity index (χ4n) is 4.69. The Morgan fingerprint density at radius 2 is 1.53 bits per heavy atom. The van der Waals surface area contributed by atoms with Crippen LogP contribution in [-0.2, 0) is 24.1 Å². The summed E-state index contributed by atoms with van der Waals surface area (Å²) in [6.07, 6.45) is 16.9. The summed E-state index contributed by atoms with van der Waals surface area (Å²) in [6.45, 7) is 0. The van der Waals surface area contributed by atoms with Gasteiger partial charge in [-0.2, -0.15) is 0 Å². The van der Waals surface area contributed by atoms with Crippen molar-refractivity contribution in [3.8, 4) is 0 Å². The number of allylic oxidation sites excluding steroid dienone is 4. The van der Waals surface area contributed by atoms with Gasteiger partial charge in [0.05, 0.1) is 12.1 Å². The van der Waals surface area contributed by atoms with Crippen LogP contribution in [0.15, 0.2) is 97.2 Å². The van der Waals surface area contributed by atoms with Crippen LogP contribution in [0.25, 0.3) is 0 Å². The molecule has 4 nitrogen and oxygen atoms in total. The lowest BCUT2D eigenvalue weighted by Gasteiger charge is -2.36. The quantitative estimate of drug-likeness (QED) is 0.497. The highest BCUT2D eigenvalue weighted by Gasteiger charge is 2.37. The van der Waals surface area contributed by atoms with E-state index in [9.17, 15) is 4.79 Å². The van der Waals surface area contributed by atoms with Gasteiger partial charge in [-0.3, -0.25) is 19.7 Å². The summed E-state index contributed by atoms with van der Waals surface area (Å²) in [7, 11) is 0. The summed E-state index contributed by atoms with van der Waals surface area (Å²) in [4.78, 5) is 23.4. The van der Waals surface area contributed by atoms with E-state index >= 15 is 0 Å². The number of anilines is 1. The van der Waals surface area contributed by atoms with Gasteiger partial charge < -0.3 is 0 Å². The molecule has 0 saturated heterocycles. The molecular formula is C26H25Cl2N3O. The Kier molecular flexibility index (Phi) is 7.49. The smallest absolute Gasteiger partial charge is 0.235 e. The van der Waals surface area contributed by atoms with Gasteiger partial charge in [-0.05, 0) is 60.2 Å². The fraction of sp³-hybridized carbons (Fsp3) is 0.192. The van der Waals surface area contributed by atoms with Crippen molar-refractivity contribution in [2.24, 2.45) is 5.41 Å². The molecule has 32 heavy (non-hydrogen) atoms. The van der Waals surface area contributed by atoms with Crippen molar-refractivity contribution >= 4 is 36.4 Å². The van der Waals surface area contributed by atoms with E-state index < -0.39 is 0 Å². The van der Waals surface area contributed by atoms with E-state index in [0.29, 0.717) is 6.42 Å². The molecule has 2 aliphatic rings. The fourth-order valence-corrected chi connectivity index (χ4v) is 4.69. The molecule has 0 atom stereocenters. The summed E-state index contributed by atoms with van der Waals surface area (Å²) in [5.41, 5.74) is 5.42. The Hall–Kier alpha value is -2.95. The second-order valence-electron chi connectivity index (χ2n) is 8.17. The number of carbonyl (C=O) groups excluding carboxylic acids is 1. The molecule has 1 amide bonds. The molecule has 164 valence electrons. The Morgan fingerprint density at radius 1 is 0.875 bits per heavy atom. The third-order valence-electron chi connectivity index (χ3n) is 5.94. The number of rotatable bonds is 5. The molecule has 0 spiro atoms. The topological polar surface area (TPSA) is 46.1 Å².